The summed E-state index contributed by atoms with van der Waals surface area (Å²) in [5.41, 5.74) is 0.643. The van der Waals surface area contributed by atoms with Crippen LogP contribution >= 0.6 is 0 Å². The first-order valence-electron chi connectivity index (χ1n) is 5.90. The maximum Gasteiger partial charge on any atom is 0.326 e. The van der Waals surface area contributed by atoms with Gasteiger partial charge in [0, 0.05) is 7.05 Å². The number of amides is 2. The molecule has 0 heterocycles. The molecule has 0 aliphatic rings. The molecule has 19 heavy (non-hydrogen) atoms. The summed E-state index contributed by atoms with van der Waals surface area (Å²) in [7, 11) is 1.37. The van der Waals surface area contributed by atoms with Gasteiger partial charge in [-0.1, -0.05) is 19.1 Å². The molecule has 0 radical (unpaired) electrons. The molecule has 1 aromatic carbocycles. The number of carboxylic acids is 1. The van der Waals surface area contributed by atoms with Gasteiger partial charge in [0.2, 0.25) is 0 Å². The number of aliphatic carboxylic acids is 1. The summed E-state index contributed by atoms with van der Waals surface area (Å²) < 4.78 is 13.6. The number of carboxylic acid groups (broad SMARTS) is 1. The Kier molecular flexibility index (Phi) is 4.86. The number of nitrogens with one attached hydrogen (secondary N) is 1. The average molecular weight is 268 g/mol. The molecule has 5 nitrogen and oxygen atoms in total. The van der Waals surface area contributed by atoms with Crippen molar-refractivity contribution in [2.45, 2.75) is 26.3 Å². The molecular weight excluding hydrogens is 251 g/mol. The van der Waals surface area contributed by atoms with Crippen molar-refractivity contribution in [2.24, 2.45) is 0 Å². The fourth-order valence-corrected chi connectivity index (χ4v) is 1.74. The van der Waals surface area contributed by atoms with Gasteiger partial charge in [-0.2, -0.15) is 0 Å². The second kappa shape index (κ2) is 6.17. The number of anilines is 1. The zero-order chi connectivity index (χ0) is 14.6. The van der Waals surface area contributed by atoms with E-state index in [1.165, 1.54) is 19.2 Å². The Morgan fingerprint density at radius 3 is 2.58 bits per heavy atom. The van der Waals surface area contributed by atoms with E-state index in [2.05, 4.69) is 5.32 Å². The van der Waals surface area contributed by atoms with Gasteiger partial charge >= 0.3 is 12.0 Å². The lowest BCUT2D eigenvalue weighted by molar-refractivity contribution is -0.141. The van der Waals surface area contributed by atoms with E-state index in [9.17, 15) is 14.0 Å². The van der Waals surface area contributed by atoms with Crippen molar-refractivity contribution in [3.63, 3.8) is 0 Å². The Morgan fingerprint density at radius 1 is 1.47 bits per heavy atom. The standard InChI is InChI=1S/C13H17FN2O3/c1-4-10(12(17)18)16(3)13(19)15-11-8(2)6-5-7-9(11)14/h5-7,10H,4H2,1-3H3,(H,15,19)(H,17,18). The molecule has 0 aromatic heterocycles. The molecule has 1 atom stereocenters. The van der Waals surface area contributed by atoms with Gasteiger partial charge in [0.15, 0.2) is 0 Å². The lowest BCUT2D eigenvalue weighted by Gasteiger charge is -2.24. The Balaban J connectivity index is 2.88. The van der Waals surface area contributed by atoms with Crippen molar-refractivity contribution in [1.29, 1.82) is 0 Å². The number of carbonyl (C=O) groups excluding carboxylic acids is 1. The van der Waals surface area contributed by atoms with Crippen LogP contribution in [-0.2, 0) is 4.79 Å². The van der Waals surface area contributed by atoms with Crippen LogP contribution < -0.4 is 5.32 Å². The summed E-state index contributed by atoms with van der Waals surface area (Å²) in [6.45, 7) is 3.32. The Hall–Kier alpha value is -2.11. The summed E-state index contributed by atoms with van der Waals surface area (Å²) in [4.78, 5) is 23.9. The number of carbonyl (C=O) groups is 2. The van der Waals surface area contributed by atoms with Gasteiger partial charge in [-0.3, -0.25) is 0 Å². The average Bonchev–Trinajstić information content (AvgIpc) is 2.34. The molecule has 0 aliphatic carbocycles. The van der Waals surface area contributed by atoms with Gasteiger partial charge < -0.3 is 15.3 Å². The summed E-state index contributed by atoms with van der Waals surface area (Å²) in [5.74, 6) is -1.64. The molecule has 0 saturated heterocycles. The molecule has 0 fully saturated rings. The van der Waals surface area contributed by atoms with Crippen molar-refractivity contribution in [3.8, 4) is 0 Å². The highest BCUT2D eigenvalue weighted by molar-refractivity contribution is 5.92. The predicted molar refractivity (Wildman–Crippen MR) is 69.6 cm³/mol. The molecule has 1 aromatic rings. The third-order valence-corrected chi connectivity index (χ3v) is 2.91. The van der Waals surface area contributed by atoms with Crippen LogP contribution in [0.4, 0.5) is 14.9 Å². The molecule has 0 spiro atoms. The number of halogens is 1. The molecule has 0 bridgehead atoms. The monoisotopic (exact) mass is 268 g/mol. The van der Waals surface area contributed by atoms with E-state index < -0.39 is 23.9 Å². The van der Waals surface area contributed by atoms with E-state index in [1.807, 2.05) is 0 Å². The van der Waals surface area contributed by atoms with Crippen molar-refractivity contribution < 1.29 is 19.1 Å². The Morgan fingerprint density at radius 2 is 2.11 bits per heavy atom. The Labute approximate surface area is 111 Å². The molecule has 6 heteroatoms. The van der Waals surface area contributed by atoms with Crippen molar-refractivity contribution >= 4 is 17.7 Å². The highest BCUT2D eigenvalue weighted by Gasteiger charge is 2.25. The van der Waals surface area contributed by atoms with Crippen LogP contribution in [0, 0.1) is 12.7 Å². The summed E-state index contributed by atoms with van der Waals surface area (Å²) in [6.07, 6.45) is 0.273. The number of nitrogens with zero attached hydrogens (tertiary/aromatic N) is 1. The van der Waals surface area contributed by atoms with Gasteiger partial charge in [0.1, 0.15) is 11.9 Å². The largest absolute Gasteiger partial charge is 0.480 e. The molecule has 1 unspecified atom stereocenters. The third-order valence-electron chi connectivity index (χ3n) is 2.91. The lowest BCUT2D eigenvalue weighted by Crippen LogP contribution is -2.44. The van der Waals surface area contributed by atoms with Crippen LogP contribution in [-0.4, -0.2) is 35.1 Å². The molecular formula is C13H17FN2O3. The summed E-state index contributed by atoms with van der Waals surface area (Å²) in [6, 6.07) is 2.84. The van der Waals surface area contributed by atoms with Gasteiger partial charge in [-0.05, 0) is 25.0 Å². The van der Waals surface area contributed by atoms with Crippen molar-refractivity contribution in [2.75, 3.05) is 12.4 Å². The van der Waals surface area contributed by atoms with E-state index >= 15 is 0 Å². The first-order valence-corrected chi connectivity index (χ1v) is 5.90. The van der Waals surface area contributed by atoms with Gasteiger partial charge in [0.25, 0.3) is 0 Å². The van der Waals surface area contributed by atoms with Gasteiger partial charge in [-0.15, -0.1) is 0 Å². The fraction of sp³-hybridized carbons (Fsp3) is 0.385. The normalized spacial score (nSPS) is 11.8. The Bertz CT molecular complexity index is 471. The number of benzene rings is 1. The number of rotatable bonds is 4. The zero-order valence-corrected chi connectivity index (χ0v) is 11.1. The molecule has 0 aliphatic heterocycles. The number of aryl methyl sites for hydroxylation is 1. The summed E-state index contributed by atoms with van der Waals surface area (Å²) in [5, 5.41) is 11.4. The lowest BCUT2D eigenvalue weighted by atomic mass is 10.2. The van der Waals surface area contributed by atoms with Crippen LogP contribution in [0.25, 0.3) is 0 Å². The predicted octanol–water partition coefficient (Wildman–Crippen LogP) is 2.46. The first kappa shape index (κ1) is 14.9. The second-order valence-electron chi connectivity index (χ2n) is 4.24. The fourth-order valence-electron chi connectivity index (χ4n) is 1.74. The quantitative estimate of drug-likeness (QED) is 0.881. The van der Waals surface area contributed by atoms with Crippen molar-refractivity contribution in [3.05, 3.63) is 29.6 Å². The topological polar surface area (TPSA) is 69.6 Å². The molecule has 2 amide bonds. The van der Waals surface area contributed by atoms with E-state index in [4.69, 9.17) is 5.11 Å². The second-order valence-corrected chi connectivity index (χ2v) is 4.24. The molecule has 2 N–H and O–H groups in total. The van der Waals surface area contributed by atoms with Crippen LogP contribution in [0.5, 0.6) is 0 Å². The van der Waals surface area contributed by atoms with Crippen LogP contribution in [0.15, 0.2) is 18.2 Å². The van der Waals surface area contributed by atoms with Crippen LogP contribution in [0.2, 0.25) is 0 Å². The van der Waals surface area contributed by atoms with Crippen molar-refractivity contribution in [1.82, 2.24) is 4.90 Å². The van der Waals surface area contributed by atoms with Crippen LogP contribution in [0.1, 0.15) is 18.9 Å². The summed E-state index contributed by atoms with van der Waals surface area (Å²) >= 11 is 0. The smallest absolute Gasteiger partial charge is 0.326 e. The molecule has 0 saturated carbocycles. The molecule has 1 rings (SSSR count). The zero-order valence-electron chi connectivity index (χ0n) is 11.1. The third kappa shape index (κ3) is 3.43. The van der Waals surface area contributed by atoms with Crippen LogP contribution in [0.3, 0.4) is 0 Å². The SMILES string of the molecule is CCC(C(=O)O)N(C)C(=O)Nc1c(C)cccc1F. The van der Waals surface area contributed by atoms with Gasteiger partial charge in [-0.25, -0.2) is 14.0 Å². The number of hydrogen-bond donors (Lipinski definition) is 2. The highest BCUT2D eigenvalue weighted by Crippen LogP contribution is 2.19. The minimum atomic E-state index is -1.09. The van der Waals surface area contributed by atoms with E-state index in [0.29, 0.717) is 5.56 Å². The minimum absolute atomic E-state index is 0.0691. The molecule has 104 valence electrons. The van der Waals surface area contributed by atoms with Gasteiger partial charge in [0.05, 0.1) is 5.69 Å². The van der Waals surface area contributed by atoms with E-state index in [0.717, 1.165) is 4.90 Å². The minimum Gasteiger partial charge on any atom is -0.480 e. The maximum atomic E-state index is 13.6. The number of likely N-dealkylation sites (N-methyl/N-ethyl adjacent to an activating group) is 1. The first-order chi connectivity index (χ1) is 8.88. The van der Waals surface area contributed by atoms with E-state index in [-0.39, 0.29) is 12.1 Å². The highest BCUT2D eigenvalue weighted by atomic mass is 19.1. The number of para-hydroxylation sites is 1. The van der Waals surface area contributed by atoms with E-state index in [1.54, 1.807) is 19.9 Å². The number of hydrogen-bond acceptors (Lipinski definition) is 2. The number of urea groups is 1. The maximum absolute atomic E-state index is 13.6.